The van der Waals surface area contributed by atoms with E-state index < -0.39 is 32.2 Å². The Morgan fingerprint density at radius 3 is 2.50 bits per heavy atom. The minimum atomic E-state index is -5.21. The third-order valence-electron chi connectivity index (χ3n) is 3.68. The van der Waals surface area contributed by atoms with E-state index in [1.165, 1.54) is 24.3 Å². The molecule has 3 rings (SSSR count). The van der Waals surface area contributed by atoms with E-state index in [1.54, 1.807) is 0 Å². The van der Waals surface area contributed by atoms with E-state index in [1.807, 2.05) is 0 Å². The third-order valence-corrected chi connectivity index (χ3v) is 4.06. The zero-order valence-corrected chi connectivity index (χ0v) is 17.1. The number of aliphatic hydroxyl groups excluding tert-OH is 1. The first-order valence-corrected chi connectivity index (χ1v) is 8.62. The van der Waals surface area contributed by atoms with Crippen LogP contribution in [0.5, 0.6) is 5.75 Å². The number of hydrogen-bond acceptors (Lipinski definition) is 9. The molecule has 0 unspecified atom stereocenters. The molecule has 0 atom stereocenters. The largest absolute Gasteiger partial charge is 1.00 e. The van der Waals surface area contributed by atoms with E-state index >= 15 is 0 Å². The van der Waals surface area contributed by atoms with Gasteiger partial charge in [-0.2, -0.15) is 0 Å². The maximum Gasteiger partial charge on any atom is 1.00 e. The third kappa shape index (κ3) is 4.58. The van der Waals surface area contributed by atoms with Crippen LogP contribution >= 0.6 is 0 Å². The minimum absolute atomic E-state index is 0. The summed E-state index contributed by atoms with van der Waals surface area (Å²) in [5.74, 6) is -0.767. The van der Waals surface area contributed by atoms with E-state index in [0.29, 0.717) is 5.56 Å². The van der Waals surface area contributed by atoms with Crippen LogP contribution in [0.25, 0.3) is 22.1 Å². The molecular weight excluding hydrogens is 405 g/mol. The standard InChI is InChI=1S/C16H11NO9S.Na/c18-7-9-1-3-11-15(5-9)25-8-12(16(11)19)10-2-4-14(26-27(22,23)24)13(6-10)17(20)21;/h1-6,8,18H,7H2,(H,22,23,24);/q;+1/p-1. The normalized spacial score (nSPS) is 11.1. The van der Waals surface area contributed by atoms with Gasteiger partial charge in [0.25, 0.3) is 10.4 Å². The summed E-state index contributed by atoms with van der Waals surface area (Å²) in [7, 11) is -5.21. The number of nitro benzene ring substituents is 1. The molecule has 28 heavy (non-hydrogen) atoms. The molecule has 3 aromatic rings. The molecule has 140 valence electrons. The summed E-state index contributed by atoms with van der Waals surface area (Å²) in [6, 6.07) is 7.46. The van der Waals surface area contributed by atoms with Gasteiger partial charge in [0.1, 0.15) is 11.8 Å². The van der Waals surface area contributed by atoms with Crippen LogP contribution in [-0.2, 0) is 17.0 Å². The summed E-state index contributed by atoms with van der Waals surface area (Å²) < 4.78 is 41.5. The van der Waals surface area contributed by atoms with Gasteiger partial charge in [0.2, 0.25) is 5.75 Å². The second-order valence-corrected chi connectivity index (χ2v) is 6.38. The average molecular weight is 415 g/mol. The van der Waals surface area contributed by atoms with Gasteiger partial charge >= 0.3 is 35.2 Å². The molecule has 2 aromatic carbocycles. The number of fused-ring (bicyclic) bond motifs is 1. The first kappa shape index (κ1) is 22.0. The van der Waals surface area contributed by atoms with E-state index in [-0.39, 0.29) is 58.3 Å². The molecule has 1 N–H and O–H groups in total. The van der Waals surface area contributed by atoms with Gasteiger partial charge in [-0.3, -0.25) is 14.9 Å². The molecule has 1 aromatic heterocycles. The summed E-state index contributed by atoms with van der Waals surface area (Å²) in [6.45, 7) is -0.238. The maximum atomic E-state index is 12.7. The van der Waals surface area contributed by atoms with Crippen LogP contribution in [0.3, 0.4) is 0 Å². The Morgan fingerprint density at radius 1 is 1.18 bits per heavy atom. The monoisotopic (exact) mass is 415 g/mol. The Hall–Kier alpha value is -2.28. The van der Waals surface area contributed by atoms with Gasteiger partial charge in [0, 0.05) is 6.07 Å². The fraction of sp³-hybridized carbons (Fsp3) is 0.0625. The first-order chi connectivity index (χ1) is 12.7. The molecule has 0 saturated heterocycles. The number of rotatable bonds is 5. The summed E-state index contributed by atoms with van der Waals surface area (Å²) >= 11 is 0. The van der Waals surface area contributed by atoms with Gasteiger partial charge in [0.15, 0.2) is 5.43 Å². The van der Waals surface area contributed by atoms with Crippen molar-refractivity contribution in [3.8, 4) is 16.9 Å². The molecule has 0 fully saturated rings. The molecule has 1 heterocycles. The van der Waals surface area contributed by atoms with Gasteiger partial charge in [-0.25, -0.2) is 8.42 Å². The Balaban J connectivity index is 0.00000280. The van der Waals surface area contributed by atoms with E-state index in [0.717, 1.165) is 18.4 Å². The fourth-order valence-electron chi connectivity index (χ4n) is 2.48. The molecule has 0 amide bonds. The minimum Gasteiger partial charge on any atom is -0.716 e. The topological polar surface area (TPSA) is 160 Å². The van der Waals surface area contributed by atoms with Crippen molar-refractivity contribution in [3.63, 3.8) is 0 Å². The Bertz CT molecular complexity index is 1220. The zero-order valence-electron chi connectivity index (χ0n) is 14.3. The number of benzene rings is 2. The Morgan fingerprint density at radius 2 is 1.89 bits per heavy atom. The van der Waals surface area contributed by atoms with E-state index in [9.17, 15) is 27.9 Å². The number of nitro groups is 1. The number of hydrogen-bond donors (Lipinski definition) is 1. The van der Waals surface area contributed by atoms with Crippen molar-refractivity contribution in [2.24, 2.45) is 0 Å². The van der Waals surface area contributed by atoms with Gasteiger partial charge < -0.3 is 18.3 Å². The summed E-state index contributed by atoms with van der Waals surface area (Å²) in [4.78, 5) is 22.9. The molecule has 0 bridgehead atoms. The van der Waals surface area contributed by atoms with Crippen molar-refractivity contribution in [3.05, 3.63) is 68.6 Å². The van der Waals surface area contributed by atoms with Crippen LogP contribution < -0.4 is 39.2 Å². The predicted octanol–water partition coefficient (Wildman–Crippen LogP) is -1.30. The zero-order chi connectivity index (χ0) is 19.8. The van der Waals surface area contributed by atoms with Crippen molar-refractivity contribution in [1.82, 2.24) is 0 Å². The molecular formula is C16H10NNaO9S. The van der Waals surface area contributed by atoms with Crippen LogP contribution in [0.1, 0.15) is 5.56 Å². The maximum absolute atomic E-state index is 12.7. The SMILES string of the molecule is O=c1c(-c2ccc(OS(=O)(=O)[O-])c([N+](=O)[O-])c2)coc2cc(CO)ccc12.[Na+]. The predicted molar refractivity (Wildman–Crippen MR) is 90.8 cm³/mol. The number of nitrogens with zero attached hydrogens (tertiary/aromatic N) is 1. The smallest absolute Gasteiger partial charge is 0.716 e. The Kier molecular flexibility index (Phi) is 6.59. The average Bonchev–Trinajstić information content (AvgIpc) is 2.60. The van der Waals surface area contributed by atoms with Crippen molar-refractivity contribution >= 4 is 27.1 Å². The van der Waals surface area contributed by atoms with Crippen molar-refractivity contribution in [2.45, 2.75) is 6.61 Å². The first-order valence-electron chi connectivity index (χ1n) is 7.29. The van der Waals surface area contributed by atoms with Crippen LogP contribution in [-0.4, -0.2) is 23.0 Å². The van der Waals surface area contributed by atoms with Gasteiger partial charge in [0.05, 0.1) is 22.5 Å². The van der Waals surface area contributed by atoms with Crippen molar-refractivity contribution in [1.29, 1.82) is 0 Å². The summed E-state index contributed by atoms with van der Waals surface area (Å²) in [6.07, 6.45) is 1.09. The molecule has 0 aliphatic rings. The second-order valence-electron chi connectivity index (χ2n) is 5.40. The van der Waals surface area contributed by atoms with Gasteiger partial charge in [-0.15, -0.1) is 0 Å². The van der Waals surface area contributed by atoms with E-state index in [2.05, 4.69) is 4.18 Å². The number of aliphatic hydroxyl groups is 1. The second kappa shape index (κ2) is 8.39. The quantitative estimate of drug-likeness (QED) is 0.176. The Labute approximate surface area is 179 Å². The van der Waals surface area contributed by atoms with Crippen molar-refractivity contribution < 1.29 is 61.2 Å². The fourth-order valence-corrected chi connectivity index (χ4v) is 2.84. The van der Waals surface area contributed by atoms with Gasteiger partial charge in [-0.05, 0) is 35.4 Å². The van der Waals surface area contributed by atoms with Crippen LogP contribution in [0.2, 0.25) is 0 Å². The molecule has 0 spiro atoms. The molecule has 0 saturated carbocycles. The molecule has 0 aliphatic heterocycles. The van der Waals surface area contributed by atoms with E-state index in [4.69, 9.17) is 9.52 Å². The molecule has 12 heteroatoms. The van der Waals surface area contributed by atoms with Crippen LogP contribution in [0, 0.1) is 10.1 Å². The summed E-state index contributed by atoms with van der Waals surface area (Å²) in [5, 5.41) is 20.5. The molecule has 0 aliphatic carbocycles. The van der Waals surface area contributed by atoms with Crippen molar-refractivity contribution in [2.75, 3.05) is 0 Å². The molecule has 10 nitrogen and oxygen atoms in total. The van der Waals surface area contributed by atoms with Crippen LogP contribution in [0.4, 0.5) is 5.69 Å². The summed E-state index contributed by atoms with van der Waals surface area (Å²) in [5.41, 5.74) is -0.475. The molecule has 0 radical (unpaired) electrons. The van der Waals surface area contributed by atoms with Crippen LogP contribution in [0.15, 0.2) is 51.9 Å². The van der Waals surface area contributed by atoms with Gasteiger partial charge in [-0.1, -0.05) is 6.07 Å².